The summed E-state index contributed by atoms with van der Waals surface area (Å²) in [5, 5.41) is 11.8. The van der Waals surface area contributed by atoms with Crippen molar-refractivity contribution in [1.82, 2.24) is 19.7 Å². The number of ketones is 1. The van der Waals surface area contributed by atoms with Crippen LogP contribution >= 0.6 is 11.8 Å². The van der Waals surface area contributed by atoms with Crippen LogP contribution in [0.2, 0.25) is 0 Å². The minimum atomic E-state index is -0.460. The number of rotatable bonds is 9. The molecule has 2 aromatic heterocycles. The summed E-state index contributed by atoms with van der Waals surface area (Å²) >= 11 is 1.31. The summed E-state index contributed by atoms with van der Waals surface area (Å²) in [5.41, 5.74) is 2.92. The van der Waals surface area contributed by atoms with Crippen molar-refractivity contribution in [2.24, 2.45) is 0 Å². The summed E-state index contributed by atoms with van der Waals surface area (Å²) in [6, 6.07) is 18.2. The fraction of sp³-hybridized carbons (Fsp3) is 0.192. The lowest BCUT2D eigenvalue weighted by Gasteiger charge is -2.14. The quantitative estimate of drug-likeness (QED) is 0.260. The second kappa shape index (κ2) is 11.0. The number of hydrogen-bond donors (Lipinski definition) is 1. The second-order valence-electron chi connectivity index (χ2n) is 7.69. The van der Waals surface area contributed by atoms with E-state index < -0.39 is 5.25 Å². The lowest BCUT2D eigenvalue weighted by molar-refractivity contribution is -0.115. The van der Waals surface area contributed by atoms with Gasteiger partial charge in [0, 0.05) is 34.9 Å². The van der Waals surface area contributed by atoms with Gasteiger partial charge in [0.05, 0.1) is 11.9 Å². The van der Waals surface area contributed by atoms with Crippen molar-refractivity contribution in [3.05, 3.63) is 78.6 Å². The van der Waals surface area contributed by atoms with Gasteiger partial charge in [0.25, 0.3) is 0 Å². The van der Waals surface area contributed by atoms with Crippen LogP contribution < -0.4 is 10.1 Å². The highest BCUT2D eigenvalue weighted by Gasteiger charge is 2.22. The molecule has 4 rings (SSSR count). The van der Waals surface area contributed by atoms with Crippen molar-refractivity contribution >= 4 is 29.1 Å². The summed E-state index contributed by atoms with van der Waals surface area (Å²) < 4.78 is 7.49. The topological polar surface area (TPSA) is 99.0 Å². The highest BCUT2D eigenvalue weighted by molar-refractivity contribution is 8.00. The van der Waals surface area contributed by atoms with Gasteiger partial charge in [-0.05, 0) is 81.4 Å². The molecular formula is C26H25N5O3S. The molecule has 0 bridgehead atoms. The van der Waals surface area contributed by atoms with Gasteiger partial charge in [0.15, 0.2) is 16.8 Å². The average molecular weight is 488 g/mol. The maximum absolute atomic E-state index is 12.9. The molecule has 0 radical (unpaired) electrons. The van der Waals surface area contributed by atoms with Gasteiger partial charge in [-0.3, -0.25) is 19.1 Å². The van der Waals surface area contributed by atoms with Crippen molar-refractivity contribution in [3.63, 3.8) is 0 Å². The van der Waals surface area contributed by atoms with Crippen molar-refractivity contribution in [2.45, 2.75) is 31.2 Å². The molecule has 0 saturated heterocycles. The minimum Gasteiger partial charge on any atom is -0.494 e. The van der Waals surface area contributed by atoms with E-state index in [-0.39, 0.29) is 11.7 Å². The van der Waals surface area contributed by atoms with Crippen LogP contribution in [0.1, 0.15) is 31.1 Å². The van der Waals surface area contributed by atoms with E-state index in [1.807, 2.05) is 54.8 Å². The SMILES string of the molecule is CCOc1ccc(-n2c(SC(C)C(=O)Nc3ccc(C(C)=O)cc3)nnc2-c2ccncc2)cc1. The van der Waals surface area contributed by atoms with Crippen LogP contribution in [0.5, 0.6) is 5.75 Å². The normalized spacial score (nSPS) is 11.6. The second-order valence-corrected chi connectivity index (χ2v) is 9.00. The number of benzene rings is 2. The Balaban J connectivity index is 1.59. The molecule has 0 saturated carbocycles. The highest BCUT2D eigenvalue weighted by Crippen LogP contribution is 2.31. The zero-order valence-corrected chi connectivity index (χ0v) is 20.5. The number of anilines is 1. The zero-order chi connectivity index (χ0) is 24.8. The molecule has 1 atom stereocenters. The molecule has 0 aliphatic rings. The number of aromatic nitrogens is 4. The molecule has 1 N–H and O–H groups in total. The maximum Gasteiger partial charge on any atom is 0.237 e. The summed E-state index contributed by atoms with van der Waals surface area (Å²) in [6.45, 7) is 5.84. The number of nitrogens with zero attached hydrogens (tertiary/aromatic N) is 4. The fourth-order valence-electron chi connectivity index (χ4n) is 3.37. The summed E-state index contributed by atoms with van der Waals surface area (Å²) in [4.78, 5) is 28.5. The molecule has 1 amide bonds. The first kappa shape index (κ1) is 24.2. The lowest BCUT2D eigenvalue weighted by atomic mass is 10.1. The maximum atomic E-state index is 12.9. The van der Waals surface area contributed by atoms with Crippen LogP contribution in [0.3, 0.4) is 0 Å². The largest absolute Gasteiger partial charge is 0.494 e. The Morgan fingerprint density at radius 1 is 1.00 bits per heavy atom. The van der Waals surface area contributed by atoms with Crippen LogP contribution in [0.15, 0.2) is 78.2 Å². The van der Waals surface area contributed by atoms with E-state index in [0.717, 1.165) is 17.0 Å². The molecule has 9 heteroatoms. The van der Waals surface area contributed by atoms with Crippen LogP contribution in [0.4, 0.5) is 5.69 Å². The Labute approximate surface area is 207 Å². The van der Waals surface area contributed by atoms with E-state index in [1.165, 1.54) is 18.7 Å². The first-order valence-electron chi connectivity index (χ1n) is 11.1. The van der Waals surface area contributed by atoms with Gasteiger partial charge in [-0.15, -0.1) is 10.2 Å². The Morgan fingerprint density at radius 2 is 1.69 bits per heavy atom. The van der Waals surface area contributed by atoms with Crippen LogP contribution in [-0.2, 0) is 4.79 Å². The van der Waals surface area contributed by atoms with Gasteiger partial charge in [-0.25, -0.2) is 0 Å². The van der Waals surface area contributed by atoms with Gasteiger partial charge in [0.1, 0.15) is 5.75 Å². The molecule has 0 aliphatic carbocycles. The third-order valence-corrected chi connectivity index (χ3v) is 6.23. The van der Waals surface area contributed by atoms with Gasteiger partial charge < -0.3 is 10.1 Å². The van der Waals surface area contributed by atoms with Crippen LogP contribution in [0.25, 0.3) is 17.1 Å². The molecule has 2 heterocycles. The standard InChI is InChI=1S/C26H25N5O3S/c1-4-34-23-11-9-22(10-12-23)31-24(20-13-15-27-16-14-20)29-30-26(31)35-18(3)25(33)28-21-7-5-19(6-8-21)17(2)32/h5-16,18H,4H2,1-3H3,(H,28,33). The molecule has 35 heavy (non-hydrogen) atoms. The number of pyridine rings is 1. The number of carbonyl (C=O) groups is 2. The molecule has 1 unspecified atom stereocenters. The zero-order valence-electron chi connectivity index (χ0n) is 19.6. The van der Waals surface area contributed by atoms with Gasteiger partial charge in [-0.1, -0.05) is 11.8 Å². The van der Waals surface area contributed by atoms with Crippen molar-refractivity contribution in [3.8, 4) is 22.8 Å². The molecular weight excluding hydrogens is 462 g/mol. The number of thioether (sulfide) groups is 1. The Kier molecular flexibility index (Phi) is 7.57. The highest BCUT2D eigenvalue weighted by atomic mass is 32.2. The number of nitrogens with one attached hydrogen (secondary N) is 1. The predicted octanol–water partition coefficient (Wildman–Crippen LogP) is 5.05. The van der Waals surface area contributed by atoms with E-state index in [2.05, 4.69) is 20.5 Å². The van der Waals surface area contributed by atoms with E-state index >= 15 is 0 Å². The Morgan fingerprint density at radius 3 is 2.31 bits per heavy atom. The molecule has 0 aliphatic heterocycles. The van der Waals surface area contributed by atoms with Gasteiger partial charge in [-0.2, -0.15) is 0 Å². The number of carbonyl (C=O) groups excluding carboxylic acids is 2. The van der Waals surface area contributed by atoms with Crippen molar-refractivity contribution in [2.75, 3.05) is 11.9 Å². The minimum absolute atomic E-state index is 0.0228. The van der Waals surface area contributed by atoms with E-state index in [9.17, 15) is 9.59 Å². The number of hydrogen-bond acceptors (Lipinski definition) is 7. The summed E-state index contributed by atoms with van der Waals surface area (Å²) in [6.07, 6.45) is 3.40. The molecule has 8 nitrogen and oxygen atoms in total. The number of Topliss-reactive ketones (excluding diaryl/α,β-unsaturated/α-hetero) is 1. The number of amides is 1. The van der Waals surface area contributed by atoms with Gasteiger partial charge >= 0.3 is 0 Å². The predicted molar refractivity (Wildman–Crippen MR) is 136 cm³/mol. The Hall–Kier alpha value is -3.98. The summed E-state index contributed by atoms with van der Waals surface area (Å²) in [7, 11) is 0. The molecule has 4 aromatic rings. The average Bonchev–Trinajstić information content (AvgIpc) is 3.29. The Bertz CT molecular complexity index is 1310. The monoisotopic (exact) mass is 487 g/mol. The van der Waals surface area contributed by atoms with Crippen molar-refractivity contribution < 1.29 is 14.3 Å². The van der Waals surface area contributed by atoms with Gasteiger partial charge in [0.2, 0.25) is 5.91 Å². The summed E-state index contributed by atoms with van der Waals surface area (Å²) in [5.74, 6) is 1.21. The smallest absolute Gasteiger partial charge is 0.237 e. The van der Waals surface area contributed by atoms with Crippen molar-refractivity contribution in [1.29, 1.82) is 0 Å². The third kappa shape index (κ3) is 5.75. The van der Waals surface area contributed by atoms with Crippen LogP contribution in [0, 0.1) is 0 Å². The van der Waals surface area contributed by atoms with E-state index in [0.29, 0.717) is 28.8 Å². The first-order valence-corrected chi connectivity index (χ1v) is 12.0. The van der Waals surface area contributed by atoms with E-state index in [4.69, 9.17) is 4.74 Å². The molecule has 0 fully saturated rings. The van der Waals surface area contributed by atoms with Crippen LogP contribution in [-0.4, -0.2) is 43.3 Å². The molecule has 2 aromatic carbocycles. The lowest BCUT2D eigenvalue weighted by Crippen LogP contribution is -2.23. The molecule has 0 spiro atoms. The molecule has 178 valence electrons. The third-order valence-electron chi connectivity index (χ3n) is 5.19. The fourth-order valence-corrected chi connectivity index (χ4v) is 4.24. The number of ether oxygens (including phenoxy) is 1. The first-order chi connectivity index (χ1) is 17.0. The van der Waals surface area contributed by atoms with E-state index in [1.54, 1.807) is 36.7 Å².